The van der Waals surface area contributed by atoms with Crippen molar-refractivity contribution >= 4 is 39.8 Å². The number of hydrogen-bond donors (Lipinski definition) is 1. The monoisotopic (exact) mass is 541 g/mol. The van der Waals surface area contributed by atoms with Gasteiger partial charge in [0.2, 0.25) is 0 Å². The summed E-state index contributed by atoms with van der Waals surface area (Å²) in [5.74, 6) is 0.249. The van der Waals surface area contributed by atoms with E-state index in [4.69, 9.17) is 21.3 Å². The number of pyridine rings is 1. The maximum atomic E-state index is 13.6. The maximum Gasteiger partial charge on any atom is 0.275 e. The van der Waals surface area contributed by atoms with Gasteiger partial charge in [0, 0.05) is 40.8 Å². The molecule has 9 nitrogen and oxygen atoms in total. The molecule has 0 aliphatic rings. The highest BCUT2D eigenvalue weighted by Crippen LogP contribution is 2.33. The first-order valence-electron chi connectivity index (χ1n) is 12.1. The fourth-order valence-corrected chi connectivity index (χ4v) is 4.73. The molecule has 0 fully saturated rings. The van der Waals surface area contributed by atoms with Crippen LogP contribution in [0.2, 0.25) is 5.02 Å². The van der Waals surface area contributed by atoms with Crippen molar-refractivity contribution in [3.8, 4) is 22.8 Å². The summed E-state index contributed by atoms with van der Waals surface area (Å²) < 4.78 is 7.70. The molecule has 0 atom stereocenters. The van der Waals surface area contributed by atoms with E-state index < -0.39 is 10.8 Å². The van der Waals surface area contributed by atoms with Crippen molar-refractivity contribution in [2.45, 2.75) is 20.8 Å². The average molecular weight is 542 g/mol. The summed E-state index contributed by atoms with van der Waals surface area (Å²) in [6, 6.07) is 18.3. The van der Waals surface area contributed by atoms with E-state index in [9.17, 15) is 14.9 Å². The van der Waals surface area contributed by atoms with Gasteiger partial charge in [-0.3, -0.25) is 19.6 Å². The Balaban J connectivity index is 1.55. The summed E-state index contributed by atoms with van der Waals surface area (Å²) in [7, 11) is 1.86. The van der Waals surface area contributed by atoms with Crippen LogP contribution in [0.3, 0.4) is 0 Å². The molecule has 2 aromatic heterocycles. The van der Waals surface area contributed by atoms with E-state index in [1.807, 2.05) is 52.1 Å². The summed E-state index contributed by atoms with van der Waals surface area (Å²) in [5.41, 5.74) is 4.94. The van der Waals surface area contributed by atoms with Crippen molar-refractivity contribution in [1.29, 1.82) is 0 Å². The summed E-state index contributed by atoms with van der Waals surface area (Å²) in [4.78, 5) is 29.6. The second kappa shape index (κ2) is 10.2. The zero-order valence-electron chi connectivity index (χ0n) is 21.7. The molecule has 0 spiro atoms. The molecule has 0 unspecified atom stereocenters. The molecule has 196 valence electrons. The molecule has 10 heteroatoms. The highest BCUT2D eigenvalue weighted by Gasteiger charge is 2.20. The number of amides is 1. The first-order chi connectivity index (χ1) is 18.6. The largest absolute Gasteiger partial charge is 0.457 e. The molecule has 39 heavy (non-hydrogen) atoms. The summed E-state index contributed by atoms with van der Waals surface area (Å²) in [5, 5.41) is 20.2. The Bertz CT molecular complexity index is 1780. The fraction of sp³-hybridized carbons (Fsp3) is 0.138. The molecule has 1 N–H and O–H groups in total. The number of nitro benzene ring substituents is 1. The molecule has 0 bridgehead atoms. The predicted octanol–water partition coefficient (Wildman–Crippen LogP) is 7.17. The van der Waals surface area contributed by atoms with Crippen LogP contribution in [0.25, 0.3) is 22.2 Å². The third-order valence-corrected chi connectivity index (χ3v) is 6.69. The maximum absolute atomic E-state index is 13.6. The first kappa shape index (κ1) is 25.9. The summed E-state index contributed by atoms with van der Waals surface area (Å²) >= 11 is 6.04. The number of nitro groups is 1. The number of nitrogens with zero attached hydrogens (tertiary/aromatic N) is 4. The predicted molar refractivity (Wildman–Crippen MR) is 151 cm³/mol. The molecule has 1 amide bonds. The number of carbonyl (C=O) groups excluding carboxylic acids is 1. The van der Waals surface area contributed by atoms with Gasteiger partial charge in [0.15, 0.2) is 0 Å². The van der Waals surface area contributed by atoms with E-state index in [2.05, 4.69) is 10.4 Å². The van der Waals surface area contributed by atoms with Gasteiger partial charge in [-0.1, -0.05) is 29.8 Å². The van der Waals surface area contributed by atoms with Crippen molar-refractivity contribution in [3.63, 3.8) is 0 Å². The normalized spacial score (nSPS) is 11.0. The van der Waals surface area contributed by atoms with Crippen LogP contribution in [-0.4, -0.2) is 25.6 Å². The van der Waals surface area contributed by atoms with Gasteiger partial charge in [0.25, 0.3) is 11.6 Å². The van der Waals surface area contributed by atoms with Crippen molar-refractivity contribution < 1.29 is 14.5 Å². The van der Waals surface area contributed by atoms with Gasteiger partial charge < -0.3 is 10.1 Å². The number of carbonyl (C=O) groups is 1. The molecule has 5 rings (SSSR count). The standard InChI is InChI=1S/C29H24ClN5O4/c1-16-11-19(30)9-10-27(16)39-22-13-20(12-21(14-22)35(37)38)31-29(36)24-15-26(28-17(2)33-34(4)18(28)3)32-25-8-6-5-7-23(24)25/h5-15H,1-4H3,(H,31,36). The van der Waals surface area contributed by atoms with Crippen molar-refractivity contribution in [2.75, 3.05) is 5.32 Å². The lowest BCUT2D eigenvalue weighted by molar-refractivity contribution is -0.384. The number of non-ortho nitro benzene ring substituents is 1. The number of aromatic nitrogens is 3. The molecule has 0 aliphatic carbocycles. The number of nitrogens with one attached hydrogen (secondary N) is 1. The van der Waals surface area contributed by atoms with Gasteiger partial charge in [-0.2, -0.15) is 5.10 Å². The van der Waals surface area contributed by atoms with E-state index in [-0.39, 0.29) is 17.1 Å². The van der Waals surface area contributed by atoms with Crippen LogP contribution in [0, 0.1) is 30.9 Å². The zero-order chi connectivity index (χ0) is 27.8. The van der Waals surface area contributed by atoms with E-state index in [1.54, 1.807) is 35.0 Å². The number of para-hydroxylation sites is 1. The van der Waals surface area contributed by atoms with E-state index in [0.29, 0.717) is 32.9 Å². The van der Waals surface area contributed by atoms with Gasteiger partial charge in [0.1, 0.15) is 11.5 Å². The van der Waals surface area contributed by atoms with Gasteiger partial charge in [-0.15, -0.1) is 0 Å². The molecular weight excluding hydrogens is 518 g/mol. The van der Waals surface area contributed by atoms with Crippen molar-refractivity contribution in [3.05, 3.63) is 104 Å². The van der Waals surface area contributed by atoms with E-state index in [0.717, 1.165) is 22.5 Å². The Morgan fingerprint density at radius 1 is 1.05 bits per heavy atom. The summed E-state index contributed by atoms with van der Waals surface area (Å²) in [6.07, 6.45) is 0. The molecule has 5 aromatic rings. The topological polar surface area (TPSA) is 112 Å². The highest BCUT2D eigenvalue weighted by atomic mass is 35.5. The van der Waals surface area contributed by atoms with E-state index >= 15 is 0 Å². The highest BCUT2D eigenvalue weighted by molar-refractivity contribution is 6.30. The lowest BCUT2D eigenvalue weighted by atomic mass is 10.0. The van der Waals surface area contributed by atoms with Crippen LogP contribution in [0.4, 0.5) is 11.4 Å². The molecule has 2 heterocycles. The lowest BCUT2D eigenvalue weighted by Gasteiger charge is -2.13. The summed E-state index contributed by atoms with van der Waals surface area (Å²) in [6.45, 7) is 5.66. The number of aryl methyl sites for hydroxylation is 3. The fourth-order valence-electron chi connectivity index (χ4n) is 4.51. The third-order valence-electron chi connectivity index (χ3n) is 6.45. The number of benzene rings is 3. The second-order valence-electron chi connectivity index (χ2n) is 9.18. The lowest BCUT2D eigenvalue weighted by Crippen LogP contribution is -2.13. The number of anilines is 1. The molecule has 0 radical (unpaired) electrons. The number of fused-ring (bicyclic) bond motifs is 1. The minimum atomic E-state index is -0.537. The average Bonchev–Trinajstić information content (AvgIpc) is 3.15. The van der Waals surface area contributed by atoms with Crippen LogP contribution in [0.1, 0.15) is 27.3 Å². The number of halogens is 1. The van der Waals surface area contributed by atoms with Crippen LogP contribution < -0.4 is 10.1 Å². The molecular formula is C29H24ClN5O4. The Kier molecular flexibility index (Phi) is 6.76. The van der Waals surface area contributed by atoms with E-state index in [1.165, 1.54) is 12.1 Å². The van der Waals surface area contributed by atoms with Gasteiger partial charge >= 0.3 is 0 Å². The quantitative estimate of drug-likeness (QED) is 0.180. The van der Waals surface area contributed by atoms with Crippen molar-refractivity contribution in [2.24, 2.45) is 7.05 Å². The van der Waals surface area contributed by atoms with Crippen LogP contribution >= 0.6 is 11.6 Å². The molecule has 0 saturated heterocycles. The third kappa shape index (κ3) is 5.17. The minimum absolute atomic E-state index is 0.201. The molecule has 0 saturated carbocycles. The Hall–Kier alpha value is -4.76. The van der Waals surface area contributed by atoms with Gasteiger partial charge in [-0.25, -0.2) is 4.98 Å². The Labute approximate surface area is 229 Å². The Morgan fingerprint density at radius 2 is 1.82 bits per heavy atom. The van der Waals surface area contributed by atoms with Crippen molar-refractivity contribution in [1.82, 2.24) is 14.8 Å². The van der Waals surface area contributed by atoms with Gasteiger partial charge in [-0.05, 0) is 56.7 Å². The number of hydrogen-bond acceptors (Lipinski definition) is 6. The van der Waals surface area contributed by atoms with Crippen LogP contribution in [0.15, 0.2) is 66.7 Å². The van der Waals surface area contributed by atoms with Crippen LogP contribution in [0.5, 0.6) is 11.5 Å². The van der Waals surface area contributed by atoms with Crippen LogP contribution in [-0.2, 0) is 7.05 Å². The number of ether oxygens (including phenoxy) is 1. The second-order valence-corrected chi connectivity index (χ2v) is 9.62. The SMILES string of the molecule is Cc1cc(Cl)ccc1Oc1cc(NC(=O)c2cc(-c3c(C)nn(C)c3C)nc3ccccc23)cc([N+](=O)[O-])c1. The first-order valence-corrected chi connectivity index (χ1v) is 12.4. The van der Waals surface area contributed by atoms with Gasteiger partial charge in [0.05, 0.1) is 39.1 Å². The molecule has 0 aliphatic heterocycles. The minimum Gasteiger partial charge on any atom is -0.457 e. The smallest absolute Gasteiger partial charge is 0.275 e. The number of rotatable bonds is 6. The zero-order valence-corrected chi connectivity index (χ0v) is 22.4. The molecule has 3 aromatic carbocycles. The Morgan fingerprint density at radius 3 is 2.51 bits per heavy atom.